The minimum absolute atomic E-state index is 0.282. The molecule has 0 bridgehead atoms. The van der Waals surface area contributed by atoms with E-state index in [1.165, 1.54) is 44.7 Å². The summed E-state index contributed by atoms with van der Waals surface area (Å²) in [6.45, 7) is 0. The number of aromatic nitrogens is 2. The summed E-state index contributed by atoms with van der Waals surface area (Å²) in [6.07, 6.45) is 11.0. The van der Waals surface area contributed by atoms with Crippen molar-refractivity contribution in [1.29, 1.82) is 0 Å². The maximum absolute atomic E-state index is 9.17. The molecule has 13 heavy (non-hydrogen) atoms. The van der Waals surface area contributed by atoms with Crippen molar-refractivity contribution in [2.24, 2.45) is 0 Å². The summed E-state index contributed by atoms with van der Waals surface area (Å²) < 4.78 is 1.92. The Morgan fingerprint density at radius 2 is 1.92 bits per heavy atom. The Morgan fingerprint density at radius 3 is 2.46 bits per heavy atom. The Morgan fingerprint density at radius 1 is 1.23 bits per heavy atom. The lowest BCUT2D eigenvalue weighted by molar-refractivity contribution is 0.402. The molecule has 1 fully saturated rings. The monoisotopic (exact) mass is 180 g/mol. The van der Waals surface area contributed by atoms with E-state index in [0.29, 0.717) is 6.04 Å². The van der Waals surface area contributed by atoms with Crippen LogP contribution in [0.3, 0.4) is 0 Å². The van der Waals surface area contributed by atoms with Crippen LogP contribution in [0.25, 0.3) is 0 Å². The summed E-state index contributed by atoms with van der Waals surface area (Å²) in [6, 6.07) is 0.517. The minimum Gasteiger partial charge on any atom is -0.505 e. The van der Waals surface area contributed by atoms with Crippen molar-refractivity contribution in [3.8, 4) is 5.75 Å². The van der Waals surface area contributed by atoms with Crippen molar-refractivity contribution in [3.63, 3.8) is 0 Å². The van der Waals surface area contributed by atoms with E-state index in [4.69, 9.17) is 0 Å². The largest absolute Gasteiger partial charge is 0.505 e. The predicted octanol–water partition coefficient (Wildman–Crippen LogP) is 2.48. The molecule has 1 aliphatic carbocycles. The molecule has 1 heterocycles. The summed E-state index contributed by atoms with van der Waals surface area (Å²) in [5, 5.41) is 13.3. The van der Waals surface area contributed by atoms with E-state index in [2.05, 4.69) is 5.10 Å². The van der Waals surface area contributed by atoms with Gasteiger partial charge in [0.2, 0.25) is 0 Å². The summed E-state index contributed by atoms with van der Waals surface area (Å²) in [7, 11) is 0. The van der Waals surface area contributed by atoms with Gasteiger partial charge in [-0.1, -0.05) is 25.7 Å². The highest BCUT2D eigenvalue weighted by Gasteiger charge is 2.14. The van der Waals surface area contributed by atoms with Gasteiger partial charge in [-0.15, -0.1) is 0 Å². The molecule has 72 valence electrons. The van der Waals surface area contributed by atoms with Crippen molar-refractivity contribution >= 4 is 0 Å². The maximum Gasteiger partial charge on any atom is 0.153 e. The molecule has 0 amide bonds. The molecule has 1 saturated carbocycles. The molecule has 0 saturated heterocycles. The van der Waals surface area contributed by atoms with Crippen LogP contribution >= 0.6 is 0 Å². The van der Waals surface area contributed by atoms with E-state index >= 15 is 0 Å². The second-order valence-electron chi connectivity index (χ2n) is 3.82. The SMILES string of the molecule is Oc1cnn(C2CCCCCC2)c1. The Balaban J connectivity index is 2.06. The van der Waals surface area contributed by atoms with Crippen LogP contribution in [-0.4, -0.2) is 14.9 Å². The number of nitrogens with zero attached hydrogens (tertiary/aromatic N) is 2. The molecule has 3 nitrogen and oxygen atoms in total. The van der Waals surface area contributed by atoms with Crippen molar-refractivity contribution in [2.45, 2.75) is 44.6 Å². The second-order valence-corrected chi connectivity index (χ2v) is 3.82. The predicted molar refractivity (Wildman–Crippen MR) is 50.6 cm³/mol. The fourth-order valence-corrected chi connectivity index (χ4v) is 2.05. The Kier molecular flexibility index (Phi) is 2.52. The van der Waals surface area contributed by atoms with Crippen molar-refractivity contribution < 1.29 is 5.11 Å². The molecule has 3 heteroatoms. The van der Waals surface area contributed by atoms with Gasteiger partial charge in [-0.05, 0) is 12.8 Å². The topological polar surface area (TPSA) is 38.1 Å². The van der Waals surface area contributed by atoms with Gasteiger partial charge in [0.05, 0.1) is 18.4 Å². The van der Waals surface area contributed by atoms with Gasteiger partial charge in [-0.3, -0.25) is 4.68 Å². The molecule has 0 atom stereocenters. The zero-order valence-electron chi connectivity index (χ0n) is 7.82. The second kappa shape index (κ2) is 3.81. The first-order valence-corrected chi connectivity index (χ1v) is 5.09. The minimum atomic E-state index is 0.282. The van der Waals surface area contributed by atoms with Crippen LogP contribution in [0.15, 0.2) is 12.4 Å². The summed E-state index contributed by atoms with van der Waals surface area (Å²) in [5.74, 6) is 0.282. The normalized spacial score (nSPS) is 20.0. The lowest BCUT2D eigenvalue weighted by Crippen LogP contribution is -2.08. The zero-order valence-corrected chi connectivity index (χ0v) is 7.82. The van der Waals surface area contributed by atoms with E-state index in [-0.39, 0.29) is 5.75 Å². The summed E-state index contributed by atoms with van der Waals surface area (Å²) >= 11 is 0. The van der Waals surface area contributed by atoms with Gasteiger partial charge in [-0.2, -0.15) is 5.10 Å². The lowest BCUT2D eigenvalue weighted by atomic mass is 10.1. The third-order valence-electron chi connectivity index (χ3n) is 2.79. The van der Waals surface area contributed by atoms with Gasteiger partial charge in [-0.25, -0.2) is 0 Å². The molecule has 1 N–H and O–H groups in total. The van der Waals surface area contributed by atoms with Crippen molar-refractivity contribution in [3.05, 3.63) is 12.4 Å². The molecule has 1 aliphatic rings. The molecule has 0 unspecified atom stereocenters. The Labute approximate surface area is 78.4 Å². The zero-order chi connectivity index (χ0) is 9.10. The molecule has 0 spiro atoms. The summed E-state index contributed by atoms with van der Waals surface area (Å²) in [4.78, 5) is 0. The molecule has 0 aliphatic heterocycles. The number of aromatic hydroxyl groups is 1. The highest BCUT2D eigenvalue weighted by molar-refractivity contribution is 5.09. The van der Waals surface area contributed by atoms with Gasteiger partial charge in [0.25, 0.3) is 0 Å². The van der Waals surface area contributed by atoms with Gasteiger partial charge >= 0.3 is 0 Å². The van der Waals surface area contributed by atoms with E-state index in [9.17, 15) is 5.11 Å². The van der Waals surface area contributed by atoms with E-state index in [1.54, 1.807) is 6.20 Å². The molecule has 2 rings (SSSR count). The maximum atomic E-state index is 9.17. The van der Waals surface area contributed by atoms with Gasteiger partial charge in [0.1, 0.15) is 0 Å². The van der Waals surface area contributed by atoms with Crippen LogP contribution in [0.4, 0.5) is 0 Å². The van der Waals surface area contributed by atoms with E-state index in [0.717, 1.165) is 0 Å². The first-order chi connectivity index (χ1) is 6.36. The van der Waals surface area contributed by atoms with Crippen LogP contribution < -0.4 is 0 Å². The lowest BCUT2D eigenvalue weighted by Gasteiger charge is -2.13. The standard InChI is InChI=1S/C10H16N2O/c13-10-7-11-12(8-10)9-5-3-1-2-4-6-9/h7-9,13H,1-6H2. The average Bonchev–Trinajstić information content (AvgIpc) is 2.43. The molecular formula is C10H16N2O. The molecule has 1 aromatic heterocycles. The van der Waals surface area contributed by atoms with E-state index < -0.39 is 0 Å². The molecule has 0 radical (unpaired) electrons. The Hall–Kier alpha value is -0.990. The summed E-state index contributed by atoms with van der Waals surface area (Å²) in [5.41, 5.74) is 0. The van der Waals surface area contributed by atoms with Gasteiger partial charge in [0.15, 0.2) is 5.75 Å². The number of hydrogen-bond donors (Lipinski definition) is 1. The fraction of sp³-hybridized carbons (Fsp3) is 0.700. The van der Waals surface area contributed by atoms with Crippen molar-refractivity contribution in [2.75, 3.05) is 0 Å². The first kappa shape index (κ1) is 8.60. The fourth-order valence-electron chi connectivity index (χ4n) is 2.05. The third-order valence-corrected chi connectivity index (χ3v) is 2.79. The van der Waals surface area contributed by atoms with Crippen LogP contribution in [0, 0.1) is 0 Å². The van der Waals surface area contributed by atoms with Crippen molar-refractivity contribution in [1.82, 2.24) is 9.78 Å². The third kappa shape index (κ3) is 2.02. The van der Waals surface area contributed by atoms with Crippen LogP contribution in [0.2, 0.25) is 0 Å². The first-order valence-electron chi connectivity index (χ1n) is 5.09. The van der Waals surface area contributed by atoms with Crippen LogP contribution in [0.5, 0.6) is 5.75 Å². The van der Waals surface area contributed by atoms with Crippen LogP contribution in [-0.2, 0) is 0 Å². The Bertz CT molecular complexity index is 262. The highest BCUT2D eigenvalue weighted by atomic mass is 16.3. The van der Waals surface area contributed by atoms with Crippen LogP contribution in [0.1, 0.15) is 44.6 Å². The number of rotatable bonds is 1. The smallest absolute Gasteiger partial charge is 0.153 e. The quantitative estimate of drug-likeness (QED) is 0.674. The molecular weight excluding hydrogens is 164 g/mol. The van der Waals surface area contributed by atoms with E-state index in [1.807, 2.05) is 4.68 Å². The average molecular weight is 180 g/mol. The van der Waals surface area contributed by atoms with Gasteiger partial charge < -0.3 is 5.11 Å². The molecule has 1 aromatic rings. The highest BCUT2D eigenvalue weighted by Crippen LogP contribution is 2.27. The molecule has 0 aromatic carbocycles. The number of hydrogen-bond acceptors (Lipinski definition) is 2. The van der Waals surface area contributed by atoms with Gasteiger partial charge in [0, 0.05) is 0 Å².